The molecule has 0 saturated heterocycles. The summed E-state index contributed by atoms with van der Waals surface area (Å²) in [6.45, 7) is 5.81. The average molecular weight is 303 g/mol. The molecule has 1 N–H and O–H groups in total. The van der Waals surface area contributed by atoms with E-state index in [-0.39, 0.29) is 17.8 Å². The number of hydrogen-bond acceptors (Lipinski definition) is 2. The summed E-state index contributed by atoms with van der Waals surface area (Å²) in [5.74, 6) is -0.334. The van der Waals surface area contributed by atoms with Gasteiger partial charge in [0.25, 0.3) is 0 Å². The molecular formula is C17H22FN3O. The predicted octanol–water partition coefficient (Wildman–Crippen LogP) is 2.99. The maximum Gasteiger partial charge on any atom is 0.220 e. The third-order valence-electron chi connectivity index (χ3n) is 3.99. The van der Waals surface area contributed by atoms with E-state index in [4.69, 9.17) is 0 Å². The van der Waals surface area contributed by atoms with Crippen LogP contribution >= 0.6 is 0 Å². The Bertz CT molecular complexity index is 679. The highest BCUT2D eigenvalue weighted by Crippen LogP contribution is 2.16. The van der Waals surface area contributed by atoms with Crippen molar-refractivity contribution in [3.63, 3.8) is 0 Å². The van der Waals surface area contributed by atoms with Crippen LogP contribution in [0.3, 0.4) is 0 Å². The summed E-state index contributed by atoms with van der Waals surface area (Å²) in [7, 11) is 1.90. The molecule has 0 spiro atoms. The summed E-state index contributed by atoms with van der Waals surface area (Å²) in [5.41, 5.74) is 3.94. The van der Waals surface area contributed by atoms with E-state index in [1.807, 2.05) is 38.6 Å². The van der Waals surface area contributed by atoms with E-state index in [9.17, 15) is 9.18 Å². The molecule has 0 aliphatic heterocycles. The molecule has 1 atom stereocenters. The maximum absolute atomic E-state index is 13.2. The number of nitrogens with one attached hydrogen (secondary N) is 1. The van der Waals surface area contributed by atoms with E-state index in [1.165, 1.54) is 12.1 Å². The fourth-order valence-electron chi connectivity index (χ4n) is 2.59. The van der Waals surface area contributed by atoms with Crippen LogP contribution in [0.5, 0.6) is 0 Å². The number of halogens is 1. The molecular weight excluding hydrogens is 281 g/mol. The van der Waals surface area contributed by atoms with Gasteiger partial charge in [0, 0.05) is 19.2 Å². The number of benzene rings is 1. The molecule has 1 heterocycles. The van der Waals surface area contributed by atoms with Crippen molar-refractivity contribution in [2.24, 2.45) is 7.05 Å². The third kappa shape index (κ3) is 3.72. The molecule has 1 aromatic heterocycles. The van der Waals surface area contributed by atoms with E-state index in [0.717, 1.165) is 22.5 Å². The Labute approximate surface area is 130 Å². The van der Waals surface area contributed by atoms with Crippen LogP contribution in [0.2, 0.25) is 0 Å². The lowest BCUT2D eigenvalue weighted by molar-refractivity contribution is -0.121. The van der Waals surface area contributed by atoms with E-state index in [1.54, 1.807) is 6.07 Å². The van der Waals surface area contributed by atoms with Crippen molar-refractivity contribution in [2.75, 3.05) is 0 Å². The number of hydrogen-bond donors (Lipinski definition) is 1. The van der Waals surface area contributed by atoms with Gasteiger partial charge in [-0.3, -0.25) is 9.48 Å². The van der Waals surface area contributed by atoms with Crippen molar-refractivity contribution in [3.05, 3.63) is 52.6 Å². The summed E-state index contributed by atoms with van der Waals surface area (Å²) < 4.78 is 15.0. The smallest absolute Gasteiger partial charge is 0.220 e. The molecule has 0 aliphatic rings. The Hall–Kier alpha value is -2.17. The first-order valence-electron chi connectivity index (χ1n) is 7.42. The Balaban J connectivity index is 1.93. The molecule has 0 bridgehead atoms. The van der Waals surface area contributed by atoms with E-state index in [2.05, 4.69) is 10.4 Å². The highest BCUT2D eigenvalue weighted by atomic mass is 19.1. The molecule has 0 radical (unpaired) electrons. The highest BCUT2D eigenvalue weighted by Gasteiger charge is 2.13. The van der Waals surface area contributed by atoms with Gasteiger partial charge in [-0.25, -0.2) is 4.39 Å². The minimum absolute atomic E-state index is 0.0422. The second-order valence-electron chi connectivity index (χ2n) is 5.62. The maximum atomic E-state index is 13.2. The minimum Gasteiger partial charge on any atom is -0.350 e. The van der Waals surface area contributed by atoms with E-state index < -0.39 is 0 Å². The fourth-order valence-corrected chi connectivity index (χ4v) is 2.59. The first-order chi connectivity index (χ1) is 10.4. The molecule has 1 amide bonds. The number of rotatable bonds is 5. The molecule has 4 nitrogen and oxygen atoms in total. The Kier molecular flexibility index (Phi) is 4.96. The van der Waals surface area contributed by atoms with Gasteiger partial charge in [-0.15, -0.1) is 0 Å². The van der Waals surface area contributed by atoms with Gasteiger partial charge in [-0.2, -0.15) is 5.10 Å². The lowest BCUT2D eigenvalue weighted by Crippen LogP contribution is -2.27. The zero-order valence-electron chi connectivity index (χ0n) is 13.5. The van der Waals surface area contributed by atoms with Crippen LogP contribution in [0.25, 0.3) is 0 Å². The fraction of sp³-hybridized carbons (Fsp3) is 0.412. The highest BCUT2D eigenvalue weighted by molar-refractivity contribution is 5.76. The van der Waals surface area contributed by atoms with Crippen molar-refractivity contribution in [1.82, 2.24) is 15.1 Å². The number of amides is 1. The van der Waals surface area contributed by atoms with Crippen molar-refractivity contribution in [3.8, 4) is 0 Å². The second-order valence-corrected chi connectivity index (χ2v) is 5.62. The standard InChI is InChI=1S/C17H22FN3O/c1-11(14-6-5-7-15(18)10-14)19-17(22)9-8-16-12(2)20-21(4)13(16)3/h5-7,10-11H,8-9H2,1-4H3,(H,19,22). The van der Waals surface area contributed by atoms with Crippen LogP contribution in [-0.4, -0.2) is 15.7 Å². The molecule has 0 saturated carbocycles. The van der Waals surface area contributed by atoms with Gasteiger partial charge in [0.2, 0.25) is 5.91 Å². The largest absolute Gasteiger partial charge is 0.350 e. The molecule has 1 aromatic carbocycles. The van der Waals surface area contributed by atoms with Crippen LogP contribution < -0.4 is 5.32 Å². The molecule has 2 rings (SSSR count). The first kappa shape index (κ1) is 16.2. The van der Waals surface area contributed by atoms with Gasteiger partial charge in [-0.1, -0.05) is 12.1 Å². The molecule has 22 heavy (non-hydrogen) atoms. The molecule has 5 heteroatoms. The summed E-state index contributed by atoms with van der Waals surface area (Å²) in [5, 5.41) is 7.26. The van der Waals surface area contributed by atoms with Crippen LogP contribution in [0.4, 0.5) is 4.39 Å². The molecule has 0 aliphatic carbocycles. The van der Waals surface area contributed by atoms with Gasteiger partial charge in [0.05, 0.1) is 11.7 Å². The molecule has 0 fully saturated rings. The van der Waals surface area contributed by atoms with Gasteiger partial charge in [-0.05, 0) is 50.5 Å². The average Bonchev–Trinajstić information content (AvgIpc) is 2.70. The van der Waals surface area contributed by atoms with Gasteiger partial charge < -0.3 is 5.32 Å². The van der Waals surface area contributed by atoms with Crippen molar-refractivity contribution >= 4 is 5.91 Å². The summed E-state index contributed by atoms with van der Waals surface area (Å²) in [6, 6.07) is 6.09. The van der Waals surface area contributed by atoms with Gasteiger partial charge in [0.1, 0.15) is 5.82 Å². The van der Waals surface area contributed by atoms with Crippen molar-refractivity contribution in [1.29, 1.82) is 0 Å². The first-order valence-corrected chi connectivity index (χ1v) is 7.42. The Morgan fingerprint density at radius 2 is 2.14 bits per heavy atom. The number of carbonyl (C=O) groups excluding carboxylic acids is 1. The normalized spacial score (nSPS) is 12.2. The second kappa shape index (κ2) is 6.73. The topological polar surface area (TPSA) is 46.9 Å². The molecule has 2 aromatic rings. The van der Waals surface area contributed by atoms with Crippen LogP contribution in [0, 0.1) is 19.7 Å². The zero-order valence-corrected chi connectivity index (χ0v) is 13.5. The van der Waals surface area contributed by atoms with Crippen molar-refractivity contribution in [2.45, 2.75) is 39.7 Å². The van der Waals surface area contributed by atoms with Crippen LogP contribution in [0.15, 0.2) is 24.3 Å². The molecule has 1 unspecified atom stereocenters. The van der Waals surface area contributed by atoms with Gasteiger partial charge in [0.15, 0.2) is 0 Å². The SMILES string of the molecule is Cc1nn(C)c(C)c1CCC(=O)NC(C)c1cccc(F)c1. The number of nitrogens with zero attached hydrogens (tertiary/aromatic N) is 2. The van der Waals surface area contributed by atoms with E-state index >= 15 is 0 Å². The number of aryl methyl sites for hydroxylation is 2. The molecule has 118 valence electrons. The van der Waals surface area contributed by atoms with E-state index in [0.29, 0.717) is 12.8 Å². The lowest BCUT2D eigenvalue weighted by atomic mass is 10.1. The minimum atomic E-state index is -0.291. The van der Waals surface area contributed by atoms with Crippen LogP contribution in [0.1, 0.15) is 41.9 Å². The Morgan fingerprint density at radius 3 is 2.73 bits per heavy atom. The number of aromatic nitrogens is 2. The van der Waals surface area contributed by atoms with Crippen LogP contribution in [-0.2, 0) is 18.3 Å². The van der Waals surface area contributed by atoms with Gasteiger partial charge >= 0.3 is 0 Å². The Morgan fingerprint density at radius 1 is 1.41 bits per heavy atom. The quantitative estimate of drug-likeness (QED) is 0.923. The predicted molar refractivity (Wildman–Crippen MR) is 84.0 cm³/mol. The summed E-state index contributed by atoms with van der Waals surface area (Å²) in [4.78, 5) is 12.1. The zero-order chi connectivity index (χ0) is 16.3. The summed E-state index contributed by atoms with van der Waals surface area (Å²) >= 11 is 0. The third-order valence-corrected chi connectivity index (χ3v) is 3.99. The number of carbonyl (C=O) groups is 1. The monoisotopic (exact) mass is 303 g/mol. The summed E-state index contributed by atoms with van der Waals surface area (Å²) in [6.07, 6.45) is 1.06. The van der Waals surface area contributed by atoms with Crippen molar-refractivity contribution < 1.29 is 9.18 Å². The lowest BCUT2D eigenvalue weighted by Gasteiger charge is -2.14.